The highest BCUT2D eigenvalue weighted by Crippen LogP contribution is 2.32. The number of benzene rings is 15. The van der Waals surface area contributed by atoms with Gasteiger partial charge in [0.1, 0.15) is 0 Å². The highest BCUT2D eigenvalue weighted by Gasteiger charge is 2.19. The fourth-order valence-corrected chi connectivity index (χ4v) is 13.2. The number of rotatable bonds is 19. The Morgan fingerprint density at radius 3 is 0.586 bits per heavy atom. The molecule has 3 aromatic heterocycles. The molecule has 9 heteroatoms. The van der Waals surface area contributed by atoms with Crippen molar-refractivity contribution in [3.63, 3.8) is 0 Å². The highest BCUT2D eigenvalue weighted by molar-refractivity contribution is 5.78. The van der Waals surface area contributed by atoms with E-state index in [-0.39, 0.29) is 7.43 Å². The number of para-hydroxylation sites is 3. The Morgan fingerprint density at radius 2 is 0.345 bits per heavy atom. The van der Waals surface area contributed by atoms with Gasteiger partial charge in [-0.2, -0.15) is 0 Å². The number of hydrogen-bond acceptors (Lipinski definition) is 6. The van der Waals surface area contributed by atoms with Gasteiger partial charge in [0.2, 0.25) is 0 Å². The number of nitrogens with zero attached hydrogens (tertiary/aromatic N) is 9. The molecule has 0 aliphatic heterocycles. The molecule has 558 valence electrons. The van der Waals surface area contributed by atoms with Crippen molar-refractivity contribution in [1.82, 2.24) is 44.3 Å². The van der Waals surface area contributed by atoms with Crippen LogP contribution in [0.1, 0.15) is 63.1 Å². The van der Waals surface area contributed by atoms with Gasteiger partial charge in [-0.15, -0.1) is 15.3 Å². The minimum atomic E-state index is 0. The van der Waals surface area contributed by atoms with Crippen molar-refractivity contribution in [2.75, 3.05) is 0 Å². The van der Waals surface area contributed by atoms with E-state index in [1.807, 2.05) is 129 Å². The lowest BCUT2D eigenvalue weighted by atomic mass is 10.0. The first-order valence-electron chi connectivity index (χ1n) is 38.5. The Labute approximate surface area is 679 Å². The molecule has 0 saturated carbocycles. The van der Waals surface area contributed by atoms with E-state index in [9.17, 15) is 0 Å². The van der Waals surface area contributed by atoms with Crippen LogP contribution in [0.3, 0.4) is 0 Å². The standard InChI is InChI=1S/C48H35N3.C36H27N3.C22H19N3.CH4/c1-4-10-40(11-5-1)42-28-20-36(21-29-42)16-18-38-24-32-44(33-25-38)47-49-48(51(50-47)46-14-8-3-9-15-46)45-34-26-39(27-35-45)19-17-37-22-30-43(31-23-37)41-12-6-2-7-13-41;1-4-10-28(11-5-1)16-18-30-20-24-32(25-21-30)35-37-36(39(38-35)34-14-8-3-9-15-34)33-26-22-31(23-27-33)19-17-29-12-6-2-7-13-29;1-16-8-12-18(13-9-16)21-23-22(19-14-10-17(2)11-15-19)25(24-21)20-6-4-3-5-7-20;/h1-35H;1-27H;3-15H,1-2H3;1H4. The van der Waals surface area contributed by atoms with Gasteiger partial charge < -0.3 is 0 Å². The molecule has 0 unspecified atom stereocenters. The lowest BCUT2D eigenvalue weighted by Crippen LogP contribution is -1.99. The Balaban J connectivity index is 0.000000144. The van der Waals surface area contributed by atoms with E-state index >= 15 is 0 Å². The molecule has 0 radical (unpaired) electrons. The lowest BCUT2D eigenvalue weighted by molar-refractivity contribution is 0.890. The topological polar surface area (TPSA) is 92.1 Å². The van der Waals surface area contributed by atoms with Crippen LogP contribution in [0.15, 0.2) is 406 Å². The highest BCUT2D eigenvalue weighted by atomic mass is 15.4. The normalized spacial score (nSPS) is 11.2. The minimum absolute atomic E-state index is 0. The van der Waals surface area contributed by atoms with Gasteiger partial charge in [0, 0.05) is 33.4 Å². The minimum Gasteiger partial charge on any atom is -0.213 e. The van der Waals surface area contributed by atoms with Crippen molar-refractivity contribution in [1.29, 1.82) is 0 Å². The van der Waals surface area contributed by atoms with Crippen LogP contribution in [0.2, 0.25) is 0 Å². The summed E-state index contributed by atoms with van der Waals surface area (Å²) < 4.78 is 5.77. The van der Waals surface area contributed by atoms with E-state index in [2.05, 4.69) is 354 Å². The van der Waals surface area contributed by atoms with Crippen LogP contribution >= 0.6 is 0 Å². The summed E-state index contributed by atoms with van der Waals surface area (Å²) in [6, 6.07) is 140. The molecule has 0 aliphatic carbocycles. The Bertz CT molecular complexity index is 6260. The SMILES string of the molecule is C.C(=Cc1ccc(-c2nc(-c3ccc(C=Cc4ccc(-c5ccccc5)cc4)cc3)n(-c3ccccc3)n2)cc1)c1ccc(-c2ccccc2)cc1.C(=Cc1ccc(-c2nc(-c3ccc(C=Cc4ccccc4)cc3)n(-c3ccccc3)n2)cc1)c1ccccc1.Cc1ccc(-c2nc(-c3ccc(C)cc3)n(-c3ccccc3)n2)cc1. The molecule has 0 amide bonds. The van der Waals surface area contributed by atoms with E-state index in [0.717, 1.165) is 107 Å². The summed E-state index contributed by atoms with van der Waals surface area (Å²) in [4.78, 5) is 14.9. The molecule has 15 aromatic carbocycles. The summed E-state index contributed by atoms with van der Waals surface area (Å²) in [5, 5.41) is 14.7. The summed E-state index contributed by atoms with van der Waals surface area (Å²) in [5.74, 6) is 4.57. The summed E-state index contributed by atoms with van der Waals surface area (Å²) in [6.07, 6.45) is 17.1. The molecular weight excluding hydrogens is 1410 g/mol. The molecule has 18 rings (SSSR count). The van der Waals surface area contributed by atoms with Crippen molar-refractivity contribution >= 4 is 48.6 Å². The zero-order valence-electron chi connectivity index (χ0n) is 63.8. The molecule has 0 atom stereocenters. The van der Waals surface area contributed by atoms with Gasteiger partial charge in [0.25, 0.3) is 0 Å². The largest absolute Gasteiger partial charge is 0.213 e. The molecule has 0 aliphatic rings. The second kappa shape index (κ2) is 37.1. The fraction of sp³-hybridized carbons (Fsp3) is 0.0280. The van der Waals surface area contributed by atoms with Crippen LogP contribution in [0.5, 0.6) is 0 Å². The summed E-state index contributed by atoms with van der Waals surface area (Å²) in [6.45, 7) is 4.17. The van der Waals surface area contributed by atoms with E-state index in [4.69, 9.17) is 30.2 Å². The first-order valence-corrected chi connectivity index (χ1v) is 38.5. The van der Waals surface area contributed by atoms with Gasteiger partial charge in [0.15, 0.2) is 34.9 Å². The average molecular weight is 1500 g/mol. The molecule has 0 spiro atoms. The average Bonchev–Trinajstić information content (AvgIpc) is 1.65. The molecule has 0 fully saturated rings. The second-order valence-corrected chi connectivity index (χ2v) is 27.9. The van der Waals surface area contributed by atoms with E-state index in [1.54, 1.807) is 0 Å². The molecule has 0 bridgehead atoms. The molecular formula is C107H85N9. The summed E-state index contributed by atoms with van der Waals surface area (Å²) in [7, 11) is 0. The van der Waals surface area contributed by atoms with Crippen LogP contribution in [-0.4, -0.2) is 44.3 Å². The Kier molecular flexibility index (Phi) is 24.3. The monoisotopic (exact) mass is 1500 g/mol. The smallest absolute Gasteiger partial charge is 0.182 e. The van der Waals surface area contributed by atoms with Crippen molar-refractivity contribution in [2.45, 2.75) is 21.3 Å². The zero-order valence-corrected chi connectivity index (χ0v) is 63.8. The summed E-state index contributed by atoms with van der Waals surface area (Å²) in [5.41, 5.74) is 25.5. The number of hydrogen-bond donors (Lipinski definition) is 0. The Hall–Kier alpha value is -15.3. The third kappa shape index (κ3) is 19.3. The van der Waals surface area contributed by atoms with Gasteiger partial charge >= 0.3 is 0 Å². The zero-order chi connectivity index (χ0) is 77.8. The molecule has 18 aromatic rings. The maximum absolute atomic E-state index is 5.06. The van der Waals surface area contributed by atoms with E-state index in [0.29, 0.717) is 11.6 Å². The van der Waals surface area contributed by atoms with Crippen LogP contribution < -0.4 is 0 Å². The predicted octanol–water partition coefficient (Wildman–Crippen LogP) is 27.1. The predicted molar refractivity (Wildman–Crippen MR) is 485 cm³/mol. The van der Waals surface area contributed by atoms with Gasteiger partial charge in [-0.3, -0.25) is 0 Å². The van der Waals surface area contributed by atoms with Gasteiger partial charge in [0.05, 0.1) is 17.1 Å². The maximum atomic E-state index is 5.06. The van der Waals surface area contributed by atoms with Crippen LogP contribution in [0, 0.1) is 13.8 Å². The quantitative estimate of drug-likeness (QED) is 0.0749. The van der Waals surface area contributed by atoms with Crippen molar-refractivity contribution < 1.29 is 0 Å². The first kappa shape index (κ1) is 76.1. The third-order valence-corrected chi connectivity index (χ3v) is 19.6. The maximum Gasteiger partial charge on any atom is 0.182 e. The second-order valence-electron chi connectivity index (χ2n) is 27.9. The molecule has 9 nitrogen and oxygen atoms in total. The van der Waals surface area contributed by atoms with Crippen molar-refractivity contribution in [2.24, 2.45) is 0 Å². The Morgan fingerprint density at radius 1 is 0.172 bits per heavy atom. The lowest BCUT2D eigenvalue weighted by Gasteiger charge is -2.06. The van der Waals surface area contributed by atoms with Gasteiger partial charge in [-0.05, 0) is 117 Å². The van der Waals surface area contributed by atoms with E-state index < -0.39 is 0 Å². The van der Waals surface area contributed by atoms with Crippen molar-refractivity contribution in [3.05, 3.63) is 462 Å². The molecule has 116 heavy (non-hydrogen) atoms. The van der Waals surface area contributed by atoms with Gasteiger partial charge in [-0.25, -0.2) is 29.0 Å². The van der Waals surface area contributed by atoms with Gasteiger partial charge in [-0.1, -0.05) is 437 Å². The summed E-state index contributed by atoms with van der Waals surface area (Å²) >= 11 is 0. The molecule has 0 N–H and O–H groups in total. The third-order valence-electron chi connectivity index (χ3n) is 19.6. The van der Waals surface area contributed by atoms with Crippen molar-refractivity contribution in [3.8, 4) is 108 Å². The van der Waals surface area contributed by atoms with E-state index in [1.165, 1.54) is 44.5 Å². The van der Waals surface area contributed by atoms with Crippen LogP contribution in [-0.2, 0) is 0 Å². The van der Waals surface area contributed by atoms with Crippen LogP contribution in [0.25, 0.3) is 156 Å². The molecule has 0 saturated heterocycles. The fourth-order valence-electron chi connectivity index (χ4n) is 13.2. The molecule has 3 heterocycles. The van der Waals surface area contributed by atoms with Crippen LogP contribution in [0.4, 0.5) is 0 Å². The first-order chi connectivity index (χ1) is 56.8. The number of aromatic nitrogens is 9. The number of aryl methyl sites for hydroxylation is 2.